The molecule has 0 aromatic heterocycles. The van der Waals surface area contributed by atoms with Crippen molar-refractivity contribution < 1.29 is 23.0 Å². The molecule has 0 atom stereocenters. The van der Waals surface area contributed by atoms with Gasteiger partial charge in [-0.05, 0) is 5.56 Å². The van der Waals surface area contributed by atoms with Crippen LogP contribution in [0.1, 0.15) is 5.56 Å². The van der Waals surface area contributed by atoms with Crippen molar-refractivity contribution in [2.24, 2.45) is 0 Å². The summed E-state index contributed by atoms with van der Waals surface area (Å²) in [6.07, 6.45) is -0.0512. The van der Waals surface area contributed by atoms with Crippen LogP contribution in [-0.4, -0.2) is 37.1 Å². The van der Waals surface area contributed by atoms with Gasteiger partial charge in [-0.1, -0.05) is 30.3 Å². The van der Waals surface area contributed by atoms with Crippen LogP contribution in [0.3, 0.4) is 0 Å². The van der Waals surface area contributed by atoms with E-state index in [9.17, 15) is 13.6 Å². The second-order valence-corrected chi connectivity index (χ2v) is 4.47. The molecule has 1 aromatic carbocycles. The molecule has 0 spiro atoms. The number of hydrogen-bond donors (Lipinski definition) is 0. The van der Waals surface area contributed by atoms with E-state index >= 15 is 0 Å². The SMILES string of the molecule is COC1=CC(F)(F)CN(C(=O)OCc2ccccc2)C1. The van der Waals surface area contributed by atoms with Crippen LogP contribution in [0.4, 0.5) is 13.6 Å². The molecule has 0 aliphatic carbocycles. The molecule has 0 N–H and O–H groups in total. The van der Waals surface area contributed by atoms with E-state index in [0.717, 1.165) is 16.5 Å². The summed E-state index contributed by atoms with van der Waals surface area (Å²) in [7, 11) is 1.29. The Morgan fingerprint density at radius 3 is 2.70 bits per heavy atom. The highest BCUT2D eigenvalue weighted by molar-refractivity contribution is 5.68. The normalized spacial score (nSPS) is 17.4. The average molecular weight is 283 g/mol. The Morgan fingerprint density at radius 2 is 2.05 bits per heavy atom. The minimum Gasteiger partial charge on any atom is -0.499 e. The maximum Gasteiger partial charge on any atom is 0.410 e. The fourth-order valence-corrected chi connectivity index (χ4v) is 1.89. The summed E-state index contributed by atoms with van der Waals surface area (Å²) in [5.41, 5.74) is 0.798. The first-order chi connectivity index (χ1) is 9.50. The predicted molar refractivity (Wildman–Crippen MR) is 68.2 cm³/mol. The number of benzene rings is 1. The molecule has 0 saturated heterocycles. The molecule has 0 saturated carbocycles. The fraction of sp³-hybridized carbons (Fsp3) is 0.357. The zero-order valence-electron chi connectivity index (χ0n) is 11.0. The van der Waals surface area contributed by atoms with Crippen LogP contribution in [0.25, 0.3) is 0 Å². The Morgan fingerprint density at radius 1 is 1.35 bits per heavy atom. The van der Waals surface area contributed by atoms with Crippen LogP contribution >= 0.6 is 0 Å². The molecule has 1 amide bonds. The second-order valence-electron chi connectivity index (χ2n) is 4.47. The number of rotatable bonds is 3. The van der Waals surface area contributed by atoms with E-state index in [1.54, 1.807) is 12.1 Å². The molecule has 1 heterocycles. The molecule has 1 aliphatic heterocycles. The van der Waals surface area contributed by atoms with Gasteiger partial charge in [0.15, 0.2) is 0 Å². The standard InChI is InChI=1S/C14H15F2NO3/c1-19-12-7-14(15,16)10-17(8-12)13(18)20-9-11-5-3-2-4-6-11/h2-7H,8-10H2,1H3. The van der Waals surface area contributed by atoms with Crippen molar-refractivity contribution in [2.75, 3.05) is 20.2 Å². The summed E-state index contributed by atoms with van der Waals surface area (Å²) in [6.45, 7) is -0.666. The third-order valence-corrected chi connectivity index (χ3v) is 2.85. The Hall–Kier alpha value is -2.11. The average Bonchev–Trinajstić information content (AvgIpc) is 2.44. The van der Waals surface area contributed by atoms with Gasteiger partial charge in [0.1, 0.15) is 12.4 Å². The number of hydrogen-bond acceptors (Lipinski definition) is 3. The maximum atomic E-state index is 13.4. The van der Waals surface area contributed by atoms with E-state index in [2.05, 4.69) is 0 Å². The lowest BCUT2D eigenvalue weighted by Crippen LogP contribution is -2.45. The minimum atomic E-state index is -3.10. The number of carbonyl (C=O) groups excluding carboxylic acids is 1. The summed E-state index contributed by atoms with van der Waals surface area (Å²) < 4.78 is 36.6. The van der Waals surface area contributed by atoms with Gasteiger partial charge in [-0.3, -0.25) is 4.90 Å². The summed E-state index contributed by atoms with van der Waals surface area (Å²) in [5.74, 6) is -3.05. The van der Waals surface area contributed by atoms with E-state index in [1.165, 1.54) is 7.11 Å². The zero-order chi connectivity index (χ0) is 14.6. The van der Waals surface area contributed by atoms with Crippen molar-refractivity contribution >= 4 is 6.09 Å². The van der Waals surface area contributed by atoms with Gasteiger partial charge in [-0.25, -0.2) is 4.79 Å². The lowest BCUT2D eigenvalue weighted by atomic mass is 10.2. The molecule has 20 heavy (non-hydrogen) atoms. The van der Waals surface area contributed by atoms with Gasteiger partial charge in [0.25, 0.3) is 5.92 Å². The van der Waals surface area contributed by atoms with E-state index < -0.39 is 18.6 Å². The highest BCUT2D eigenvalue weighted by Gasteiger charge is 2.37. The van der Waals surface area contributed by atoms with Crippen molar-refractivity contribution in [3.05, 3.63) is 47.7 Å². The third-order valence-electron chi connectivity index (χ3n) is 2.85. The van der Waals surface area contributed by atoms with Crippen molar-refractivity contribution in [3.8, 4) is 0 Å². The smallest absolute Gasteiger partial charge is 0.410 e. The van der Waals surface area contributed by atoms with Crippen molar-refractivity contribution in [1.29, 1.82) is 0 Å². The number of halogens is 2. The quantitative estimate of drug-likeness (QED) is 0.856. The second kappa shape index (κ2) is 5.90. The molecule has 2 rings (SSSR count). The first kappa shape index (κ1) is 14.3. The first-order valence-corrected chi connectivity index (χ1v) is 6.09. The van der Waals surface area contributed by atoms with E-state index in [-0.39, 0.29) is 18.9 Å². The highest BCUT2D eigenvalue weighted by atomic mass is 19.3. The maximum absolute atomic E-state index is 13.4. The Labute approximate surface area is 115 Å². The summed E-state index contributed by atoms with van der Waals surface area (Å²) >= 11 is 0. The van der Waals surface area contributed by atoms with E-state index in [0.29, 0.717) is 0 Å². The molecule has 0 unspecified atom stereocenters. The monoisotopic (exact) mass is 283 g/mol. The van der Waals surface area contributed by atoms with Crippen LogP contribution in [0.15, 0.2) is 42.2 Å². The van der Waals surface area contributed by atoms with Crippen LogP contribution in [-0.2, 0) is 16.1 Å². The molecular weight excluding hydrogens is 268 g/mol. The van der Waals surface area contributed by atoms with Crippen LogP contribution in [0.5, 0.6) is 0 Å². The van der Waals surface area contributed by atoms with Gasteiger partial charge >= 0.3 is 6.09 Å². The summed E-state index contributed by atoms with van der Waals surface area (Å²) in [6, 6.07) is 9.04. The van der Waals surface area contributed by atoms with Gasteiger partial charge in [-0.15, -0.1) is 0 Å². The third kappa shape index (κ3) is 3.69. The molecule has 4 nitrogen and oxygen atoms in total. The molecule has 6 heteroatoms. The lowest BCUT2D eigenvalue weighted by molar-refractivity contribution is -0.00841. The molecule has 1 aliphatic rings. The van der Waals surface area contributed by atoms with Crippen LogP contribution in [0, 0.1) is 0 Å². The molecule has 1 aromatic rings. The number of ether oxygens (including phenoxy) is 2. The van der Waals surface area contributed by atoms with Crippen molar-refractivity contribution in [1.82, 2.24) is 4.90 Å². The summed E-state index contributed by atoms with van der Waals surface area (Å²) in [4.78, 5) is 12.7. The Bertz CT molecular complexity index is 502. The molecule has 108 valence electrons. The minimum absolute atomic E-state index is 0.0142. The van der Waals surface area contributed by atoms with Crippen molar-refractivity contribution in [3.63, 3.8) is 0 Å². The van der Waals surface area contributed by atoms with Gasteiger partial charge in [0, 0.05) is 6.08 Å². The topological polar surface area (TPSA) is 38.8 Å². The van der Waals surface area contributed by atoms with Gasteiger partial charge in [0.05, 0.1) is 20.2 Å². The van der Waals surface area contributed by atoms with E-state index in [1.807, 2.05) is 18.2 Å². The lowest BCUT2D eigenvalue weighted by Gasteiger charge is -2.30. The zero-order valence-corrected chi connectivity index (χ0v) is 11.0. The van der Waals surface area contributed by atoms with Gasteiger partial charge in [-0.2, -0.15) is 8.78 Å². The largest absolute Gasteiger partial charge is 0.499 e. The number of methoxy groups -OCH3 is 1. The van der Waals surface area contributed by atoms with Gasteiger partial charge < -0.3 is 9.47 Å². The Kier molecular flexibility index (Phi) is 4.22. The number of nitrogens with zero attached hydrogens (tertiary/aromatic N) is 1. The van der Waals surface area contributed by atoms with Crippen LogP contribution in [0.2, 0.25) is 0 Å². The Balaban J connectivity index is 1.95. The predicted octanol–water partition coefficient (Wildman–Crippen LogP) is 2.80. The molecular formula is C14H15F2NO3. The number of carbonyl (C=O) groups is 1. The fourth-order valence-electron chi connectivity index (χ4n) is 1.89. The molecule has 0 bridgehead atoms. The molecule has 0 fully saturated rings. The van der Waals surface area contributed by atoms with Crippen LogP contribution < -0.4 is 0 Å². The van der Waals surface area contributed by atoms with Gasteiger partial charge in [0.2, 0.25) is 0 Å². The first-order valence-electron chi connectivity index (χ1n) is 6.09. The van der Waals surface area contributed by atoms with E-state index in [4.69, 9.17) is 9.47 Å². The summed E-state index contributed by atoms with van der Waals surface area (Å²) in [5, 5.41) is 0. The highest BCUT2D eigenvalue weighted by Crippen LogP contribution is 2.25. The number of alkyl halides is 2. The number of amides is 1. The molecule has 0 radical (unpaired) electrons. The van der Waals surface area contributed by atoms with Crippen molar-refractivity contribution in [2.45, 2.75) is 12.5 Å².